The number of nitrogens with two attached hydrogens (primary N) is 1. The van der Waals surface area contributed by atoms with Gasteiger partial charge in [-0.15, -0.1) is 0 Å². The van der Waals surface area contributed by atoms with Gasteiger partial charge in [-0.25, -0.2) is 9.97 Å². The van der Waals surface area contributed by atoms with E-state index < -0.39 is 0 Å². The molecule has 0 aromatic carbocycles. The van der Waals surface area contributed by atoms with Crippen LogP contribution >= 0.6 is 0 Å². The molecular formula is C16H28N4O. The molecule has 5 heteroatoms. The summed E-state index contributed by atoms with van der Waals surface area (Å²) in [6.07, 6.45) is 2.53. The molecule has 1 aromatic heterocycles. The molecule has 21 heavy (non-hydrogen) atoms. The average molecular weight is 292 g/mol. The summed E-state index contributed by atoms with van der Waals surface area (Å²) < 4.78 is 5.74. The Labute approximate surface area is 127 Å². The lowest BCUT2D eigenvalue weighted by molar-refractivity contribution is 0.0900. The highest BCUT2D eigenvalue weighted by Crippen LogP contribution is 2.27. The van der Waals surface area contributed by atoms with Gasteiger partial charge in [0.25, 0.3) is 0 Å². The molecule has 5 nitrogen and oxygen atoms in total. The number of nitrogens with zero attached hydrogens (tertiary/aromatic N) is 2. The van der Waals surface area contributed by atoms with Crippen molar-refractivity contribution in [3.8, 4) is 0 Å². The molecule has 3 N–H and O–H groups in total. The molecule has 0 bridgehead atoms. The van der Waals surface area contributed by atoms with Crippen LogP contribution in [0, 0.1) is 12.8 Å². The van der Waals surface area contributed by atoms with Crippen molar-refractivity contribution in [2.45, 2.75) is 59.0 Å². The first kappa shape index (κ1) is 16.0. The van der Waals surface area contributed by atoms with Gasteiger partial charge < -0.3 is 15.8 Å². The number of hydrogen-bond acceptors (Lipinski definition) is 5. The molecule has 0 amide bonds. The fourth-order valence-electron chi connectivity index (χ4n) is 2.65. The molecule has 1 saturated heterocycles. The highest BCUT2D eigenvalue weighted by Gasteiger charge is 2.27. The van der Waals surface area contributed by atoms with E-state index in [1.54, 1.807) is 0 Å². The van der Waals surface area contributed by atoms with Crippen LogP contribution in [0.15, 0.2) is 0 Å². The Balaban J connectivity index is 2.14. The third-order valence-corrected chi connectivity index (χ3v) is 4.13. The molecule has 1 fully saturated rings. The molecule has 2 rings (SSSR count). The first-order valence-electron chi connectivity index (χ1n) is 7.83. The van der Waals surface area contributed by atoms with Crippen molar-refractivity contribution >= 4 is 11.6 Å². The Morgan fingerprint density at radius 3 is 2.67 bits per heavy atom. The van der Waals surface area contributed by atoms with Crippen molar-refractivity contribution in [2.75, 3.05) is 24.2 Å². The summed E-state index contributed by atoms with van der Waals surface area (Å²) in [7, 11) is 0. The molecule has 2 unspecified atom stereocenters. The molecule has 0 spiro atoms. The Morgan fingerprint density at radius 2 is 2.05 bits per heavy atom. The molecule has 1 aliphatic heterocycles. The lowest BCUT2D eigenvalue weighted by Crippen LogP contribution is -2.25. The summed E-state index contributed by atoms with van der Waals surface area (Å²) in [5.41, 5.74) is 6.85. The molecule has 2 heterocycles. The molecule has 0 saturated carbocycles. The van der Waals surface area contributed by atoms with Gasteiger partial charge >= 0.3 is 0 Å². The van der Waals surface area contributed by atoms with Gasteiger partial charge in [-0.3, -0.25) is 0 Å². The van der Waals surface area contributed by atoms with Gasteiger partial charge in [-0.2, -0.15) is 0 Å². The minimum atomic E-state index is -0.110. The van der Waals surface area contributed by atoms with Gasteiger partial charge in [0.05, 0.1) is 6.10 Å². The molecule has 2 atom stereocenters. The zero-order valence-electron chi connectivity index (χ0n) is 13.9. The second-order valence-corrected chi connectivity index (χ2v) is 6.90. The Kier molecular flexibility index (Phi) is 4.71. The fourth-order valence-corrected chi connectivity index (χ4v) is 2.65. The van der Waals surface area contributed by atoms with Crippen LogP contribution in [0.4, 0.5) is 11.6 Å². The van der Waals surface area contributed by atoms with E-state index in [1.807, 2.05) is 6.92 Å². The zero-order valence-corrected chi connectivity index (χ0v) is 13.9. The number of nitrogen functional groups attached to an aromatic ring is 1. The Bertz CT molecular complexity index is 496. The van der Waals surface area contributed by atoms with Crippen molar-refractivity contribution in [2.24, 2.45) is 5.92 Å². The second-order valence-electron chi connectivity index (χ2n) is 6.90. The third kappa shape index (κ3) is 3.64. The number of aromatic nitrogens is 2. The van der Waals surface area contributed by atoms with E-state index in [1.165, 1.54) is 0 Å². The smallest absolute Gasteiger partial charge is 0.138 e. The van der Waals surface area contributed by atoms with Crippen LogP contribution in [0.5, 0.6) is 0 Å². The Hall–Kier alpha value is -1.36. The van der Waals surface area contributed by atoms with Crippen molar-refractivity contribution in [3.05, 3.63) is 11.4 Å². The van der Waals surface area contributed by atoms with Gasteiger partial charge in [0, 0.05) is 30.0 Å². The van der Waals surface area contributed by atoms with E-state index in [0.29, 0.717) is 17.8 Å². The summed E-state index contributed by atoms with van der Waals surface area (Å²) in [6.45, 7) is 12.2. The van der Waals surface area contributed by atoms with E-state index in [4.69, 9.17) is 10.5 Å². The largest absolute Gasteiger partial charge is 0.383 e. The number of rotatable bonds is 4. The monoisotopic (exact) mass is 292 g/mol. The number of ether oxygens (including phenoxy) is 1. The van der Waals surface area contributed by atoms with Gasteiger partial charge in [0.15, 0.2) is 0 Å². The predicted molar refractivity (Wildman–Crippen MR) is 86.5 cm³/mol. The van der Waals surface area contributed by atoms with Crippen LogP contribution in [-0.4, -0.2) is 29.2 Å². The lowest BCUT2D eigenvalue weighted by atomic mass is 9.95. The summed E-state index contributed by atoms with van der Waals surface area (Å²) in [4.78, 5) is 9.09. The highest BCUT2D eigenvalue weighted by atomic mass is 16.5. The van der Waals surface area contributed by atoms with E-state index in [9.17, 15) is 0 Å². The van der Waals surface area contributed by atoms with Crippen molar-refractivity contribution in [1.82, 2.24) is 9.97 Å². The topological polar surface area (TPSA) is 73.1 Å². The van der Waals surface area contributed by atoms with Gasteiger partial charge in [-0.05, 0) is 19.8 Å². The van der Waals surface area contributed by atoms with E-state index in [-0.39, 0.29) is 5.41 Å². The molecule has 0 radical (unpaired) electrons. The maximum atomic E-state index is 6.04. The lowest BCUT2D eigenvalue weighted by Gasteiger charge is -2.22. The molecule has 1 aromatic rings. The fraction of sp³-hybridized carbons (Fsp3) is 0.750. The summed E-state index contributed by atoms with van der Waals surface area (Å²) in [6, 6.07) is 0. The molecule has 0 aliphatic carbocycles. The van der Waals surface area contributed by atoms with Crippen LogP contribution in [0.1, 0.15) is 51.9 Å². The normalized spacial score (nSPS) is 22.5. The summed E-state index contributed by atoms with van der Waals surface area (Å²) in [5, 5.41) is 3.46. The van der Waals surface area contributed by atoms with Gasteiger partial charge in [0.1, 0.15) is 17.5 Å². The average Bonchev–Trinajstić information content (AvgIpc) is 2.86. The standard InChI is InChI=1S/C16H28N4O/c1-6-12-11(7-8-21-12)9-18-14-10(2)13(17)19-15(20-14)16(3,4)5/h11-12H,6-9H2,1-5H3,(H3,17,18,19,20). The van der Waals surface area contributed by atoms with Crippen LogP contribution in [0.2, 0.25) is 0 Å². The van der Waals surface area contributed by atoms with Crippen LogP contribution < -0.4 is 11.1 Å². The quantitative estimate of drug-likeness (QED) is 0.892. The van der Waals surface area contributed by atoms with E-state index in [2.05, 4.69) is 43.0 Å². The molecule has 1 aliphatic rings. The van der Waals surface area contributed by atoms with Crippen LogP contribution in [0.3, 0.4) is 0 Å². The first-order valence-corrected chi connectivity index (χ1v) is 7.83. The number of anilines is 2. The van der Waals surface area contributed by atoms with Crippen molar-refractivity contribution < 1.29 is 4.74 Å². The first-order chi connectivity index (χ1) is 9.82. The molecule has 118 valence electrons. The van der Waals surface area contributed by atoms with E-state index in [0.717, 1.165) is 43.2 Å². The molecular weight excluding hydrogens is 264 g/mol. The van der Waals surface area contributed by atoms with Crippen molar-refractivity contribution in [1.29, 1.82) is 0 Å². The zero-order chi connectivity index (χ0) is 15.6. The highest BCUT2D eigenvalue weighted by molar-refractivity contribution is 5.55. The minimum absolute atomic E-state index is 0.110. The Morgan fingerprint density at radius 1 is 1.33 bits per heavy atom. The van der Waals surface area contributed by atoms with E-state index >= 15 is 0 Å². The predicted octanol–water partition coefficient (Wildman–Crippen LogP) is 2.89. The minimum Gasteiger partial charge on any atom is -0.383 e. The van der Waals surface area contributed by atoms with Crippen molar-refractivity contribution in [3.63, 3.8) is 0 Å². The SMILES string of the molecule is CCC1OCCC1CNc1nc(C(C)(C)C)nc(N)c1C. The maximum Gasteiger partial charge on any atom is 0.138 e. The summed E-state index contributed by atoms with van der Waals surface area (Å²) >= 11 is 0. The second kappa shape index (κ2) is 6.18. The third-order valence-electron chi connectivity index (χ3n) is 4.13. The van der Waals surface area contributed by atoms with Crippen LogP contribution in [-0.2, 0) is 10.2 Å². The number of hydrogen-bond donors (Lipinski definition) is 2. The summed E-state index contributed by atoms with van der Waals surface area (Å²) in [5.74, 6) is 2.74. The number of nitrogens with one attached hydrogen (secondary N) is 1. The van der Waals surface area contributed by atoms with Gasteiger partial charge in [-0.1, -0.05) is 27.7 Å². The maximum absolute atomic E-state index is 6.04. The van der Waals surface area contributed by atoms with Gasteiger partial charge in [0.2, 0.25) is 0 Å². The van der Waals surface area contributed by atoms with Crippen LogP contribution in [0.25, 0.3) is 0 Å².